The van der Waals surface area contributed by atoms with Crippen molar-refractivity contribution in [2.45, 2.75) is 62.6 Å². The van der Waals surface area contributed by atoms with Gasteiger partial charge >= 0.3 is 0 Å². The van der Waals surface area contributed by atoms with Crippen LogP contribution in [0.4, 0.5) is 5.69 Å². The van der Waals surface area contributed by atoms with Gasteiger partial charge in [0.05, 0.1) is 47.2 Å². The molecule has 198 valence electrons. The summed E-state index contributed by atoms with van der Waals surface area (Å²) in [5.41, 5.74) is 4.15. The number of hydrogen-bond acceptors (Lipinski definition) is 7. The molecule has 3 heterocycles. The van der Waals surface area contributed by atoms with Gasteiger partial charge in [0.1, 0.15) is 11.9 Å². The molecule has 2 aliphatic heterocycles. The number of anilines is 1. The molecule has 2 aliphatic rings. The Labute approximate surface area is 239 Å². The Morgan fingerprint density at radius 2 is 1.95 bits per heavy atom. The SMILES string of the molecule is [B]C([B])([B])OC(C)C1CN(c2ccc3c(=O)n(CCc4ccc(SN5CCC5)cc4C)c(C)nc3c2)CCO1. The van der Waals surface area contributed by atoms with Gasteiger partial charge in [-0.15, -0.1) is 0 Å². The van der Waals surface area contributed by atoms with E-state index >= 15 is 0 Å². The van der Waals surface area contributed by atoms with Crippen LogP contribution in [-0.2, 0) is 22.4 Å². The van der Waals surface area contributed by atoms with Gasteiger partial charge < -0.3 is 14.4 Å². The van der Waals surface area contributed by atoms with Gasteiger partial charge in [0.15, 0.2) is 0 Å². The first-order valence-corrected chi connectivity index (χ1v) is 14.3. The summed E-state index contributed by atoms with van der Waals surface area (Å²) >= 11 is 1.83. The number of nitrogens with zero attached hydrogens (tertiary/aromatic N) is 4. The molecule has 2 aromatic carbocycles. The maximum Gasteiger partial charge on any atom is 0.261 e. The van der Waals surface area contributed by atoms with Gasteiger partial charge in [-0.2, -0.15) is 0 Å². The van der Waals surface area contributed by atoms with Crippen LogP contribution in [0.25, 0.3) is 10.9 Å². The van der Waals surface area contributed by atoms with E-state index in [1.807, 2.05) is 44.0 Å². The molecule has 39 heavy (non-hydrogen) atoms. The Hall–Kier alpha value is -2.20. The summed E-state index contributed by atoms with van der Waals surface area (Å²) in [6.45, 7) is 10.6. The average Bonchev–Trinajstić information content (AvgIpc) is 2.86. The standard InChI is InChI=1S/C28H33B3N4O3S/c1-18-15-23(39-34-10-4-11-34)7-5-21(18)9-12-35-20(3)32-25-16-22(6-8-24(25)27(35)36)33-13-14-37-26(17-33)19(2)38-28(29,30)31/h5-8,15-16,19,26H,4,9-14,17H2,1-3H3. The minimum Gasteiger partial charge on any atom is -0.397 e. The highest BCUT2D eigenvalue weighted by molar-refractivity contribution is 7.97. The topological polar surface area (TPSA) is 59.8 Å². The van der Waals surface area contributed by atoms with Gasteiger partial charge in [-0.3, -0.25) is 9.36 Å². The fourth-order valence-electron chi connectivity index (χ4n) is 5.14. The molecule has 2 fully saturated rings. The highest BCUT2D eigenvalue weighted by atomic mass is 32.2. The van der Waals surface area contributed by atoms with Gasteiger partial charge in [-0.1, -0.05) is 6.07 Å². The third-order valence-corrected chi connectivity index (χ3v) is 8.56. The van der Waals surface area contributed by atoms with Crippen LogP contribution in [0, 0.1) is 13.8 Å². The van der Waals surface area contributed by atoms with Crippen molar-refractivity contribution in [1.82, 2.24) is 13.9 Å². The first-order valence-electron chi connectivity index (χ1n) is 13.5. The summed E-state index contributed by atoms with van der Waals surface area (Å²) in [6.07, 6.45) is 1.42. The van der Waals surface area contributed by atoms with Crippen molar-refractivity contribution in [3.63, 3.8) is 0 Å². The average molecular weight is 538 g/mol. The molecule has 0 bridgehead atoms. The number of morpholine rings is 1. The maximum absolute atomic E-state index is 13.5. The molecule has 7 nitrogen and oxygen atoms in total. The number of ether oxygens (including phenoxy) is 2. The van der Waals surface area contributed by atoms with Crippen molar-refractivity contribution in [1.29, 1.82) is 0 Å². The van der Waals surface area contributed by atoms with Crippen LogP contribution in [0.5, 0.6) is 0 Å². The van der Waals surface area contributed by atoms with Gasteiger partial charge in [0.2, 0.25) is 0 Å². The third-order valence-electron chi connectivity index (χ3n) is 7.47. The smallest absolute Gasteiger partial charge is 0.261 e. The van der Waals surface area contributed by atoms with Crippen molar-refractivity contribution in [3.8, 4) is 0 Å². The van der Waals surface area contributed by atoms with Crippen molar-refractivity contribution < 1.29 is 9.47 Å². The quantitative estimate of drug-likeness (QED) is 0.307. The lowest BCUT2D eigenvalue weighted by Crippen LogP contribution is -2.50. The maximum atomic E-state index is 13.5. The van der Waals surface area contributed by atoms with Crippen LogP contribution in [-0.4, -0.2) is 87.7 Å². The highest BCUT2D eigenvalue weighted by Crippen LogP contribution is 2.29. The molecule has 6 radical (unpaired) electrons. The van der Waals surface area contributed by atoms with Crippen molar-refractivity contribution >= 4 is 52.1 Å². The minimum absolute atomic E-state index is 0.0151. The molecule has 11 heteroatoms. The Morgan fingerprint density at radius 3 is 2.64 bits per heavy atom. The van der Waals surface area contributed by atoms with Crippen molar-refractivity contribution in [2.75, 3.05) is 37.7 Å². The Kier molecular flexibility index (Phi) is 8.52. The molecule has 0 spiro atoms. The predicted octanol–water partition coefficient (Wildman–Crippen LogP) is 2.70. The molecular formula is C28H33B3N4O3S. The zero-order chi connectivity index (χ0) is 27.7. The monoisotopic (exact) mass is 538 g/mol. The molecule has 2 unspecified atom stereocenters. The second-order valence-corrected chi connectivity index (χ2v) is 11.7. The third kappa shape index (κ3) is 6.76. The molecular weight excluding hydrogens is 505 g/mol. The van der Waals surface area contributed by atoms with E-state index in [0.29, 0.717) is 43.0 Å². The molecule has 5 rings (SSSR count). The van der Waals surface area contributed by atoms with E-state index in [0.717, 1.165) is 25.2 Å². The van der Waals surface area contributed by atoms with E-state index in [9.17, 15) is 4.79 Å². The van der Waals surface area contributed by atoms with Gasteiger partial charge in [0, 0.05) is 43.3 Å². The molecule has 0 amide bonds. The lowest BCUT2D eigenvalue weighted by molar-refractivity contribution is -0.0734. The van der Waals surface area contributed by atoms with E-state index < -0.39 is 5.30 Å². The molecule has 2 saturated heterocycles. The van der Waals surface area contributed by atoms with Crippen LogP contribution in [0.2, 0.25) is 0 Å². The summed E-state index contributed by atoms with van der Waals surface area (Å²) in [5, 5.41) is -1.10. The van der Waals surface area contributed by atoms with Crippen LogP contribution >= 0.6 is 11.9 Å². The number of hydrogen-bond donors (Lipinski definition) is 0. The van der Waals surface area contributed by atoms with E-state index in [1.165, 1.54) is 22.4 Å². The van der Waals surface area contributed by atoms with E-state index in [2.05, 4.69) is 34.3 Å². The van der Waals surface area contributed by atoms with Crippen molar-refractivity contribution in [3.05, 3.63) is 63.7 Å². The van der Waals surface area contributed by atoms with Crippen LogP contribution in [0.15, 0.2) is 46.1 Å². The fourth-order valence-corrected chi connectivity index (χ4v) is 6.24. The number of fused-ring (bicyclic) bond motifs is 1. The molecule has 0 saturated carbocycles. The van der Waals surface area contributed by atoms with Crippen LogP contribution in [0.3, 0.4) is 0 Å². The number of aromatic nitrogens is 2. The Balaban J connectivity index is 1.29. The van der Waals surface area contributed by atoms with E-state index in [-0.39, 0.29) is 17.8 Å². The summed E-state index contributed by atoms with van der Waals surface area (Å²) in [6, 6.07) is 12.4. The summed E-state index contributed by atoms with van der Waals surface area (Å²) in [7, 11) is 16.8. The molecule has 0 N–H and O–H groups in total. The normalized spacial score (nSPS) is 19.3. The number of aryl methyl sites for hydroxylation is 3. The molecule has 3 aromatic rings. The number of benzene rings is 2. The lowest BCUT2D eigenvalue weighted by Gasteiger charge is -2.39. The largest absolute Gasteiger partial charge is 0.397 e. The highest BCUT2D eigenvalue weighted by Gasteiger charge is 2.29. The van der Waals surface area contributed by atoms with Gasteiger partial charge in [-0.25, -0.2) is 9.29 Å². The Morgan fingerprint density at radius 1 is 1.15 bits per heavy atom. The van der Waals surface area contributed by atoms with E-state index in [4.69, 9.17) is 38.0 Å². The molecule has 0 aliphatic carbocycles. The number of rotatable bonds is 9. The minimum atomic E-state index is -1.72. The summed E-state index contributed by atoms with van der Waals surface area (Å²) in [5.74, 6) is 0.708. The van der Waals surface area contributed by atoms with Crippen LogP contribution < -0.4 is 10.5 Å². The zero-order valence-electron chi connectivity index (χ0n) is 22.9. The van der Waals surface area contributed by atoms with Crippen LogP contribution in [0.1, 0.15) is 30.3 Å². The first kappa shape index (κ1) is 28.3. The van der Waals surface area contributed by atoms with Crippen molar-refractivity contribution in [2.24, 2.45) is 0 Å². The summed E-state index contributed by atoms with van der Waals surface area (Å²) < 4.78 is 15.5. The fraction of sp³-hybridized carbons (Fsp3) is 0.500. The molecule has 1 aromatic heterocycles. The molecule has 2 atom stereocenters. The van der Waals surface area contributed by atoms with Gasteiger partial charge in [0.25, 0.3) is 5.56 Å². The second-order valence-electron chi connectivity index (χ2n) is 10.6. The lowest BCUT2D eigenvalue weighted by atomic mass is 9.52. The van der Waals surface area contributed by atoms with Gasteiger partial charge in [-0.05, 0) is 92.3 Å². The first-order chi connectivity index (χ1) is 18.6. The zero-order valence-corrected chi connectivity index (χ0v) is 23.7. The van der Waals surface area contributed by atoms with E-state index in [1.54, 1.807) is 4.57 Å². The second kappa shape index (κ2) is 11.7. The Bertz CT molecular complexity index is 1390. The summed E-state index contributed by atoms with van der Waals surface area (Å²) in [4.78, 5) is 21.7. The predicted molar refractivity (Wildman–Crippen MR) is 160 cm³/mol.